The Morgan fingerprint density at radius 2 is 2.20 bits per heavy atom. The van der Waals surface area contributed by atoms with E-state index in [1.807, 2.05) is 12.1 Å². The van der Waals surface area contributed by atoms with E-state index in [1.165, 1.54) is 4.90 Å². The normalized spacial score (nSPS) is 10.1. The van der Waals surface area contributed by atoms with E-state index >= 15 is 0 Å². The fourth-order valence-corrected chi connectivity index (χ4v) is 1.72. The number of carboxylic acid groups (broad SMARTS) is 1. The number of carbonyl (C=O) groups excluding carboxylic acids is 1. The Morgan fingerprint density at radius 1 is 1.45 bits per heavy atom. The van der Waals surface area contributed by atoms with Gasteiger partial charge in [-0.3, -0.25) is 0 Å². The number of hydrogen-bond donors (Lipinski definition) is 2. The number of amides is 2. The third-order valence-electron chi connectivity index (χ3n) is 2.40. The molecular formula is C13H17ClN2O4. The minimum atomic E-state index is -1.03. The van der Waals surface area contributed by atoms with Gasteiger partial charge in [0.25, 0.3) is 0 Å². The standard InChI is InChI=1S/C13H17ClN2O4/c1-16(8-10-3-2-4-11(14)7-10)13(19)15-5-6-20-9-12(17)18/h2-4,7H,5-6,8-9H2,1H3,(H,15,19)(H,17,18). The molecule has 7 heteroatoms. The van der Waals surface area contributed by atoms with E-state index in [9.17, 15) is 9.59 Å². The number of hydrogen-bond acceptors (Lipinski definition) is 3. The predicted molar refractivity (Wildman–Crippen MR) is 74.8 cm³/mol. The molecule has 6 nitrogen and oxygen atoms in total. The van der Waals surface area contributed by atoms with Gasteiger partial charge in [-0.1, -0.05) is 23.7 Å². The maximum Gasteiger partial charge on any atom is 0.329 e. The number of carbonyl (C=O) groups is 2. The maximum absolute atomic E-state index is 11.7. The van der Waals surface area contributed by atoms with Crippen LogP contribution in [0.25, 0.3) is 0 Å². The Bertz CT molecular complexity index is 467. The lowest BCUT2D eigenvalue weighted by molar-refractivity contribution is -0.142. The molecule has 0 fully saturated rings. The van der Waals surface area contributed by atoms with Gasteiger partial charge in [0.1, 0.15) is 6.61 Å². The predicted octanol–water partition coefficient (Wildman–Crippen LogP) is 1.58. The summed E-state index contributed by atoms with van der Waals surface area (Å²) < 4.78 is 4.81. The quantitative estimate of drug-likeness (QED) is 0.749. The summed E-state index contributed by atoms with van der Waals surface area (Å²) in [6.45, 7) is 0.478. The molecule has 0 aliphatic rings. The highest BCUT2D eigenvalue weighted by Gasteiger charge is 2.08. The molecule has 2 amide bonds. The average Bonchev–Trinajstić information content (AvgIpc) is 2.37. The van der Waals surface area contributed by atoms with Crippen LogP contribution in [0.1, 0.15) is 5.56 Å². The second-order valence-corrected chi connectivity index (χ2v) is 4.60. The topological polar surface area (TPSA) is 78.9 Å². The summed E-state index contributed by atoms with van der Waals surface area (Å²) in [6.07, 6.45) is 0. The van der Waals surface area contributed by atoms with Crippen molar-refractivity contribution < 1.29 is 19.4 Å². The van der Waals surface area contributed by atoms with Crippen LogP contribution in [0.4, 0.5) is 4.79 Å². The molecule has 0 bridgehead atoms. The molecule has 0 aliphatic heterocycles. The van der Waals surface area contributed by atoms with Gasteiger partial charge >= 0.3 is 12.0 Å². The molecule has 1 aromatic carbocycles. The molecule has 0 unspecified atom stereocenters. The van der Waals surface area contributed by atoms with E-state index in [0.29, 0.717) is 11.6 Å². The van der Waals surface area contributed by atoms with E-state index in [0.717, 1.165) is 5.56 Å². The Kier molecular flexibility index (Phi) is 6.83. The number of halogens is 1. The molecule has 0 saturated carbocycles. The van der Waals surface area contributed by atoms with Crippen LogP contribution in [-0.4, -0.2) is 48.8 Å². The van der Waals surface area contributed by atoms with Crippen molar-refractivity contribution >= 4 is 23.6 Å². The second kappa shape index (κ2) is 8.39. The molecule has 0 aromatic heterocycles. The molecule has 2 N–H and O–H groups in total. The minimum absolute atomic E-state index is 0.156. The zero-order valence-corrected chi connectivity index (χ0v) is 11.9. The lowest BCUT2D eigenvalue weighted by atomic mass is 10.2. The highest BCUT2D eigenvalue weighted by Crippen LogP contribution is 2.11. The number of ether oxygens (including phenoxy) is 1. The summed E-state index contributed by atoms with van der Waals surface area (Å²) in [5.41, 5.74) is 0.928. The summed E-state index contributed by atoms with van der Waals surface area (Å²) in [5.74, 6) is -1.03. The van der Waals surface area contributed by atoms with Gasteiger partial charge in [0, 0.05) is 25.2 Å². The number of urea groups is 1. The Hall–Kier alpha value is -1.79. The van der Waals surface area contributed by atoms with E-state index in [-0.39, 0.29) is 25.8 Å². The monoisotopic (exact) mass is 300 g/mol. The van der Waals surface area contributed by atoms with Gasteiger partial charge in [-0.15, -0.1) is 0 Å². The molecular weight excluding hydrogens is 284 g/mol. The van der Waals surface area contributed by atoms with Crippen LogP contribution >= 0.6 is 11.6 Å². The molecule has 20 heavy (non-hydrogen) atoms. The first-order valence-corrected chi connectivity index (χ1v) is 6.40. The fraction of sp³-hybridized carbons (Fsp3) is 0.385. The van der Waals surface area contributed by atoms with Crippen molar-refractivity contribution in [2.75, 3.05) is 26.8 Å². The third kappa shape index (κ3) is 6.40. The first-order chi connectivity index (χ1) is 9.49. The molecule has 0 aliphatic carbocycles. The maximum atomic E-state index is 11.7. The van der Waals surface area contributed by atoms with Gasteiger partial charge in [-0.25, -0.2) is 9.59 Å². The Labute approximate surface area is 122 Å². The smallest absolute Gasteiger partial charge is 0.329 e. The van der Waals surface area contributed by atoms with E-state index in [4.69, 9.17) is 21.4 Å². The molecule has 0 saturated heterocycles. The molecule has 1 aromatic rings. The Balaban J connectivity index is 2.27. The molecule has 0 radical (unpaired) electrons. The summed E-state index contributed by atoms with van der Waals surface area (Å²) >= 11 is 5.87. The lowest BCUT2D eigenvalue weighted by Gasteiger charge is -2.18. The zero-order chi connectivity index (χ0) is 15.0. The van der Waals surface area contributed by atoms with Crippen molar-refractivity contribution in [1.29, 1.82) is 0 Å². The number of aliphatic carboxylic acids is 1. The molecule has 0 spiro atoms. The van der Waals surface area contributed by atoms with Gasteiger partial charge in [0.15, 0.2) is 0 Å². The fourth-order valence-electron chi connectivity index (χ4n) is 1.51. The van der Waals surface area contributed by atoms with Crippen molar-refractivity contribution in [2.45, 2.75) is 6.54 Å². The van der Waals surface area contributed by atoms with Crippen molar-refractivity contribution in [3.8, 4) is 0 Å². The van der Waals surface area contributed by atoms with Crippen molar-refractivity contribution in [3.05, 3.63) is 34.9 Å². The van der Waals surface area contributed by atoms with Gasteiger partial charge in [0.2, 0.25) is 0 Å². The van der Waals surface area contributed by atoms with Crippen molar-refractivity contribution in [3.63, 3.8) is 0 Å². The highest BCUT2D eigenvalue weighted by atomic mass is 35.5. The Morgan fingerprint density at radius 3 is 2.85 bits per heavy atom. The van der Waals surface area contributed by atoms with E-state index in [1.54, 1.807) is 19.2 Å². The van der Waals surface area contributed by atoms with Crippen LogP contribution in [0.2, 0.25) is 5.02 Å². The lowest BCUT2D eigenvalue weighted by Crippen LogP contribution is -2.38. The van der Waals surface area contributed by atoms with Crippen LogP contribution in [0.15, 0.2) is 24.3 Å². The van der Waals surface area contributed by atoms with E-state index in [2.05, 4.69) is 5.32 Å². The number of rotatable bonds is 7. The van der Waals surface area contributed by atoms with E-state index < -0.39 is 5.97 Å². The van der Waals surface area contributed by atoms with Gasteiger partial charge in [0.05, 0.1) is 6.61 Å². The molecule has 0 atom stereocenters. The molecule has 0 heterocycles. The average molecular weight is 301 g/mol. The zero-order valence-electron chi connectivity index (χ0n) is 11.1. The number of nitrogens with one attached hydrogen (secondary N) is 1. The van der Waals surface area contributed by atoms with Crippen LogP contribution in [-0.2, 0) is 16.1 Å². The minimum Gasteiger partial charge on any atom is -0.480 e. The highest BCUT2D eigenvalue weighted by molar-refractivity contribution is 6.30. The molecule has 1 rings (SSSR count). The first kappa shape index (κ1) is 16.3. The van der Waals surface area contributed by atoms with Crippen molar-refractivity contribution in [2.24, 2.45) is 0 Å². The van der Waals surface area contributed by atoms with Crippen LogP contribution in [0, 0.1) is 0 Å². The summed E-state index contributed by atoms with van der Waals surface area (Å²) in [6, 6.07) is 7.00. The first-order valence-electron chi connectivity index (χ1n) is 6.02. The van der Waals surface area contributed by atoms with Gasteiger partial charge < -0.3 is 20.1 Å². The van der Waals surface area contributed by atoms with Crippen LogP contribution < -0.4 is 5.32 Å². The SMILES string of the molecule is CN(Cc1cccc(Cl)c1)C(=O)NCCOCC(=O)O. The van der Waals surface area contributed by atoms with Gasteiger partial charge in [-0.05, 0) is 17.7 Å². The van der Waals surface area contributed by atoms with Gasteiger partial charge in [-0.2, -0.15) is 0 Å². The summed E-state index contributed by atoms with van der Waals surface area (Å²) in [7, 11) is 1.66. The third-order valence-corrected chi connectivity index (χ3v) is 2.64. The van der Waals surface area contributed by atoms with Crippen LogP contribution in [0.3, 0.4) is 0 Å². The molecule has 110 valence electrons. The largest absolute Gasteiger partial charge is 0.480 e. The number of carboxylic acids is 1. The number of benzene rings is 1. The van der Waals surface area contributed by atoms with Crippen LogP contribution in [0.5, 0.6) is 0 Å². The van der Waals surface area contributed by atoms with Crippen molar-refractivity contribution in [1.82, 2.24) is 10.2 Å². The summed E-state index contributed by atoms with van der Waals surface area (Å²) in [5, 5.41) is 11.6. The second-order valence-electron chi connectivity index (χ2n) is 4.16. The summed E-state index contributed by atoms with van der Waals surface area (Å²) in [4.78, 5) is 23.4. The number of nitrogens with zero attached hydrogens (tertiary/aromatic N) is 1.